The van der Waals surface area contributed by atoms with Gasteiger partial charge in [-0.2, -0.15) is 0 Å². The first-order valence-electron chi connectivity index (χ1n) is 6.28. The van der Waals surface area contributed by atoms with E-state index in [0.29, 0.717) is 12.3 Å². The number of hydrogen-bond donors (Lipinski definition) is 1. The van der Waals surface area contributed by atoms with Gasteiger partial charge in [-0.1, -0.05) is 11.6 Å². The molecule has 0 atom stereocenters. The summed E-state index contributed by atoms with van der Waals surface area (Å²) < 4.78 is 10.5. The third kappa shape index (κ3) is 3.50. The number of carboxylic acid groups (broad SMARTS) is 1. The van der Waals surface area contributed by atoms with E-state index in [1.807, 2.05) is 18.2 Å². The van der Waals surface area contributed by atoms with Crippen LogP contribution in [0.2, 0.25) is 0 Å². The van der Waals surface area contributed by atoms with Crippen LogP contribution in [0.4, 0.5) is 0 Å². The number of allylic oxidation sites excluding steroid dienone is 1. The van der Waals surface area contributed by atoms with Gasteiger partial charge >= 0.3 is 5.97 Å². The molecule has 1 aliphatic rings. The highest BCUT2D eigenvalue weighted by Gasteiger charge is 2.27. The van der Waals surface area contributed by atoms with Gasteiger partial charge in [-0.3, -0.25) is 0 Å². The van der Waals surface area contributed by atoms with Crippen molar-refractivity contribution in [2.24, 2.45) is 5.92 Å². The number of aliphatic carboxylic acids is 1. The van der Waals surface area contributed by atoms with E-state index in [0.717, 1.165) is 35.5 Å². The molecule has 1 fully saturated rings. The van der Waals surface area contributed by atoms with Gasteiger partial charge in [-0.25, -0.2) is 4.79 Å². The van der Waals surface area contributed by atoms with Gasteiger partial charge in [0.25, 0.3) is 0 Å². The first-order chi connectivity index (χ1) is 9.13. The maximum Gasteiger partial charge on any atom is 0.328 e. The smallest absolute Gasteiger partial charge is 0.328 e. The molecule has 4 nitrogen and oxygen atoms in total. The predicted octanol–water partition coefficient (Wildman–Crippen LogP) is 2.67. The van der Waals surface area contributed by atoms with Crippen LogP contribution >= 0.6 is 0 Å². The zero-order valence-electron chi connectivity index (χ0n) is 11.2. The van der Waals surface area contributed by atoms with Crippen LogP contribution in [-0.4, -0.2) is 25.3 Å². The number of benzene rings is 1. The van der Waals surface area contributed by atoms with Gasteiger partial charge in [0.15, 0.2) is 0 Å². The van der Waals surface area contributed by atoms with E-state index < -0.39 is 5.97 Å². The second-order valence-electron chi connectivity index (χ2n) is 4.69. The van der Waals surface area contributed by atoms with Gasteiger partial charge < -0.3 is 14.6 Å². The molecule has 0 radical (unpaired) electrons. The topological polar surface area (TPSA) is 55.8 Å². The van der Waals surface area contributed by atoms with Crippen molar-refractivity contribution in [1.29, 1.82) is 0 Å². The standard InChI is InChI=1S/C15H18O4/c1-18-13-6-5-11(14(9-13)19-2)7-12(8-15(16)17)10-3-4-10/h5-6,8-10H,3-4,7H2,1-2H3,(H,16,17)/b12-8-. The zero-order valence-corrected chi connectivity index (χ0v) is 11.2. The Balaban J connectivity index is 2.23. The molecule has 1 aliphatic carbocycles. The molecular weight excluding hydrogens is 244 g/mol. The average Bonchev–Trinajstić information content (AvgIpc) is 3.22. The highest BCUT2D eigenvalue weighted by molar-refractivity contribution is 5.81. The van der Waals surface area contributed by atoms with Crippen LogP contribution in [0.1, 0.15) is 18.4 Å². The largest absolute Gasteiger partial charge is 0.497 e. The summed E-state index contributed by atoms with van der Waals surface area (Å²) in [6, 6.07) is 5.61. The lowest BCUT2D eigenvalue weighted by molar-refractivity contribution is -0.131. The number of ether oxygens (including phenoxy) is 2. The van der Waals surface area contributed by atoms with E-state index in [4.69, 9.17) is 14.6 Å². The molecule has 0 aliphatic heterocycles. The fourth-order valence-electron chi connectivity index (χ4n) is 2.14. The minimum Gasteiger partial charge on any atom is -0.497 e. The molecule has 4 heteroatoms. The second-order valence-corrected chi connectivity index (χ2v) is 4.69. The van der Waals surface area contributed by atoms with Crippen molar-refractivity contribution < 1.29 is 19.4 Å². The number of methoxy groups -OCH3 is 2. The molecule has 0 saturated heterocycles. The van der Waals surface area contributed by atoms with Gasteiger partial charge in [0.1, 0.15) is 11.5 Å². The average molecular weight is 262 g/mol. The Hall–Kier alpha value is -1.97. The van der Waals surface area contributed by atoms with Crippen LogP contribution < -0.4 is 9.47 Å². The van der Waals surface area contributed by atoms with Crippen molar-refractivity contribution in [3.63, 3.8) is 0 Å². The third-order valence-corrected chi connectivity index (χ3v) is 3.30. The first-order valence-corrected chi connectivity index (χ1v) is 6.28. The second kappa shape index (κ2) is 5.78. The summed E-state index contributed by atoms with van der Waals surface area (Å²) in [6.07, 6.45) is 4.11. The lowest BCUT2D eigenvalue weighted by atomic mass is 10.00. The molecule has 0 heterocycles. The molecule has 0 unspecified atom stereocenters. The summed E-state index contributed by atoms with van der Waals surface area (Å²) in [4.78, 5) is 10.9. The Kier molecular flexibility index (Phi) is 4.10. The molecule has 1 saturated carbocycles. The first kappa shape index (κ1) is 13.5. The molecule has 0 bridgehead atoms. The molecule has 2 rings (SSSR count). The lowest BCUT2D eigenvalue weighted by Gasteiger charge is -2.12. The lowest BCUT2D eigenvalue weighted by Crippen LogP contribution is -2.00. The molecule has 1 aromatic carbocycles. The van der Waals surface area contributed by atoms with E-state index in [-0.39, 0.29) is 0 Å². The number of carboxylic acids is 1. The van der Waals surface area contributed by atoms with E-state index in [9.17, 15) is 4.79 Å². The Morgan fingerprint density at radius 2 is 2.11 bits per heavy atom. The molecular formula is C15H18O4. The zero-order chi connectivity index (χ0) is 13.8. The molecule has 1 aromatic rings. The van der Waals surface area contributed by atoms with Crippen LogP contribution in [0.25, 0.3) is 0 Å². The summed E-state index contributed by atoms with van der Waals surface area (Å²) in [6.45, 7) is 0. The molecule has 0 spiro atoms. The molecule has 1 N–H and O–H groups in total. The Morgan fingerprint density at radius 3 is 2.63 bits per heavy atom. The maximum absolute atomic E-state index is 10.9. The highest BCUT2D eigenvalue weighted by Crippen LogP contribution is 2.39. The van der Waals surface area contributed by atoms with E-state index in [1.165, 1.54) is 6.08 Å². The SMILES string of the molecule is COc1ccc(C/C(=C/C(=O)O)C2CC2)c(OC)c1. The van der Waals surface area contributed by atoms with Crippen LogP contribution in [0.3, 0.4) is 0 Å². The Labute approximate surface area is 112 Å². The number of carbonyl (C=O) groups is 1. The van der Waals surface area contributed by atoms with E-state index in [2.05, 4.69) is 0 Å². The van der Waals surface area contributed by atoms with Crippen LogP contribution in [0, 0.1) is 5.92 Å². The minimum absolute atomic E-state index is 0.419. The van der Waals surface area contributed by atoms with E-state index in [1.54, 1.807) is 14.2 Å². The summed E-state index contributed by atoms with van der Waals surface area (Å²) in [5.74, 6) is 1.00. The quantitative estimate of drug-likeness (QED) is 0.801. The summed E-state index contributed by atoms with van der Waals surface area (Å²) in [5.41, 5.74) is 1.96. The Bertz CT molecular complexity index is 501. The Morgan fingerprint density at radius 1 is 1.37 bits per heavy atom. The summed E-state index contributed by atoms with van der Waals surface area (Å²) in [5, 5.41) is 8.92. The van der Waals surface area contributed by atoms with Crippen molar-refractivity contribution >= 4 is 5.97 Å². The van der Waals surface area contributed by atoms with Crippen molar-refractivity contribution in [1.82, 2.24) is 0 Å². The predicted molar refractivity (Wildman–Crippen MR) is 71.7 cm³/mol. The highest BCUT2D eigenvalue weighted by atomic mass is 16.5. The normalized spacial score (nSPS) is 15.2. The van der Waals surface area contributed by atoms with Gasteiger partial charge in [-0.15, -0.1) is 0 Å². The van der Waals surface area contributed by atoms with Crippen molar-refractivity contribution in [2.75, 3.05) is 14.2 Å². The summed E-state index contributed by atoms with van der Waals surface area (Å²) in [7, 11) is 3.21. The van der Waals surface area contributed by atoms with Gasteiger partial charge in [0.05, 0.1) is 14.2 Å². The fourth-order valence-corrected chi connectivity index (χ4v) is 2.14. The van der Waals surface area contributed by atoms with E-state index >= 15 is 0 Å². The van der Waals surface area contributed by atoms with Crippen molar-refractivity contribution in [2.45, 2.75) is 19.3 Å². The van der Waals surface area contributed by atoms with Crippen molar-refractivity contribution in [3.05, 3.63) is 35.4 Å². The fraction of sp³-hybridized carbons (Fsp3) is 0.400. The van der Waals surface area contributed by atoms with Gasteiger partial charge in [0, 0.05) is 12.1 Å². The third-order valence-electron chi connectivity index (χ3n) is 3.30. The molecule has 102 valence electrons. The monoisotopic (exact) mass is 262 g/mol. The number of rotatable bonds is 6. The van der Waals surface area contributed by atoms with Crippen LogP contribution in [0.15, 0.2) is 29.8 Å². The van der Waals surface area contributed by atoms with Gasteiger partial charge in [0.2, 0.25) is 0 Å². The maximum atomic E-state index is 10.9. The molecule has 0 aromatic heterocycles. The molecule has 0 amide bonds. The minimum atomic E-state index is -0.880. The van der Waals surface area contributed by atoms with Crippen molar-refractivity contribution in [3.8, 4) is 11.5 Å². The van der Waals surface area contributed by atoms with Crippen LogP contribution in [-0.2, 0) is 11.2 Å². The summed E-state index contributed by atoms with van der Waals surface area (Å²) >= 11 is 0. The van der Waals surface area contributed by atoms with Crippen LogP contribution in [0.5, 0.6) is 11.5 Å². The van der Waals surface area contributed by atoms with Gasteiger partial charge in [-0.05, 0) is 36.8 Å². The molecule has 19 heavy (non-hydrogen) atoms. The number of hydrogen-bond acceptors (Lipinski definition) is 3.